The molecule has 0 N–H and O–H groups in total. The molecule has 0 radical (unpaired) electrons. The summed E-state index contributed by atoms with van der Waals surface area (Å²) in [5, 5.41) is 0. The maximum absolute atomic E-state index is 5.45. The Morgan fingerprint density at radius 1 is 1.00 bits per heavy atom. The summed E-state index contributed by atoms with van der Waals surface area (Å²) in [5.74, 6) is 0. The van der Waals surface area contributed by atoms with Gasteiger partial charge in [-0.2, -0.15) is 0 Å². The van der Waals surface area contributed by atoms with Crippen LogP contribution in [0.15, 0.2) is 0 Å². The van der Waals surface area contributed by atoms with Crippen LogP contribution in [0.25, 0.3) is 0 Å². The average Bonchev–Trinajstić information content (AvgIpc) is 1.85. The summed E-state index contributed by atoms with van der Waals surface area (Å²) in [6, 6.07) is 0. The Kier molecular flexibility index (Phi) is 3.42. The normalized spacial score (nSPS) is 46.6. The molecule has 1 fully saturated rings. The maximum Gasteiger partial charge on any atom is 0.0680 e. The second-order valence-electron chi connectivity index (χ2n) is 2.02. The minimum absolute atomic E-state index is 1.000. The van der Waals surface area contributed by atoms with E-state index in [2.05, 4.69) is 13.8 Å². The van der Waals surface area contributed by atoms with Gasteiger partial charge in [-0.25, -0.2) is 0 Å². The van der Waals surface area contributed by atoms with Crippen molar-refractivity contribution in [1.82, 2.24) is 0 Å². The summed E-state index contributed by atoms with van der Waals surface area (Å²) in [4.78, 5) is 0. The van der Waals surface area contributed by atoms with Crippen molar-refractivity contribution in [1.29, 1.82) is 0 Å². The van der Waals surface area contributed by atoms with E-state index in [4.69, 9.17) is 23.6 Å². The third kappa shape index (κ3) is 2.02. The third-order valence-corrected chi connectivity index (χ3v) is 34.8. The van der Waals surface area contributed by atoms with Crippen molar-refractivity contribution in [2.45, 2.75) is 13.8 Å². The fourth-order valence-electron chi connectivity index (χ4n) is 0.616. The molecule has 0 aromatic rings. The van der Waals surface area contributed by atoms with Crippen molar-refractivity contribution < 1.29 is 0 Å². The second-order valence-corrected chi connectivity index (χ2v) is 25.4. The topological polar surface area (TPSA) is 0 Å². The highest BCUT2D eigenvalue weighted by Gasteiger charge is 2.40. The van der Waals surface area contributed by atoms with E-state index in [-0.39, 0.29) is 0 Å². The van der Waals surface area contributed by atoms with Gasteiger partial charge in [0.25, 0.3) is 0 Å². The van der Waals surface area contributed by atoms with Crippen LogP contribution in [-0.2, 0) is 23.6 Å². The van der Waals surface area contributed by atoms with Gasteiger partial charge in [0.2, 0.25) is 0 Å². The van der Waals surface area contributed by atoms with E-state index in [1.54, 1.807) is 0 Å². The Hall–Kier alpha value is 2.00. The molecule has 0 aromatic heterocycles. The van der Waals surface area contributed by atoms with Crippen LogP contribution < -0.4 is 0 Å². The van der Waals surface area contributed by atoms with Crippen molar-refractivity contribution in [3.63, 3.8) is 0 Å². The molecule has 1 aliphatic rings. The predicted octanol–water partition coefficient (Wildman–Crippen LogP) is 4.13. The van der Waals surface area contributed by atoms with E-state index in [1.165, 1.54) is 12.3 Å². The first kappa shape index (κ1) is 10.1. The molecule has 0 amide bonds. The SMILES string of the molecule is CCP1(=S)SP(=S)(CC)S1. The summed E-state index contributed by atoms with van der Waals surface area (Å²) in [5.41, 5.74) is 0. The molecule has 6 heteroatoms. The van der Waals surface area contributed by atoms with Gasteiger partial charge in [-0.05, 0) is 12.3 Å². The minimum atomic E-state index is -1.000. The summed E-state index contributed by atoms with van der Waals surface area (Å²) >= 11 is 14.9. The Bertz CT molecular complexity index is 187. The smallest absolute Gasteiger partial charge is 0.0680 e. The standard InChI is InChI=1S/C4H10P2S4/c1-3-5(7)9-6(8,4-2)10-5/h3-4H2,1-2H3. The molecule has 60 valence electrons. The van der Waals surface area contributed by atoms with Crippen LogP contribution in [0.5, 0.6) is 0 Å². The van der Waals surface area contributed by atoms with E-state index < -0.39 is 8.88 Å². The van der Waals surface area contributed by atoms with Gasteiger partial charge in [-0.15, -0.1) is 0 Å². The molecule has 1 rings (SSSR count). The van der Waals surface area contributed by atoms with Crippen LogP contribution in [0.2, 0.25) is 0 Å². The summed E-state index contributed by atoms with van der Waals surface area (Å²) < 4.78 is -2.00. The van der Waals surface area contributed by atoms with E-state index in [0.717, 1.165) is 0 Å². The van der Waals surface area contributed by atoms with Crippen LogP contribution in [-0.4, -0.2) is 12.3 Å². The Balaban J connectivity index is 2.59. The highest BCUT2D eigenvalue weighted by atomic mass is 33.7. The van der Waals surface area contributed by atoms with Crippen molar-refractivity contribution >= 4 is 54.5 Å². The zero-order valence-corrected chi connectivity index (χ0v) is 11.0. The van der Waals surface area contributed by atoms with E-state index in [1.807, 2.05) is 22.0 Å². The molecule has 10 heavy (non-hydrogen) atoms. The van der Waals surface area contributed by atoms with Gasteiger partial charge >= 0.3 is 0 Å². The Morgan fingerprint density at radius 2 is 1.30 bits per heavy atom. The highest BCUT2D eigenvalue weighted by molar-refractivity contribution is 9.46. The van der Waals surface area contributed by atoms with Crippen LogP contribution in [0.4, 0.5) is 0 Å². The van der Waals surface area contributed by atoms with Crippen LogP contribution in [0.3, 0.4) is 0 Å². The molecule has 1 heterocycles. The van der Waals surface area contributed by atoms with Crippen LogP contribution in [0, 0.1) is 0 Å². The molecule has 0 atom stereocenters. The van der Waals surface area contributed by atoms with Crippen molar-refractivity contribution in [3.8, 4) is 0 Å². The van der Waals surface area contributed by atoms with Crippen molar-refractivity contribution in [2.75, 3.05) is 12.3 Å². The van der Waals surface area contributed by atoms with Gasteiger partial charge in [0, 0.05) is 0 Å². The zero-order valence-electron chi connectivity index (χ0n) is 5.94. The molecule has 0 spiro atoms. The van der Waals surface area contributed by atoms with Gasteiger partial charge in [0.1, 0.15) is 0 Å². The summed E-state index contributed by atoms with van der Waals surface area (Å²) in [7, 11) is 0. The molecular weight excluding hydrogens is 238 g/mol. The lowest BCUT2D eigenvalue weighted by molar-refractivity contribution is 1.52. The number of hydrogen-bond acceptors (Lipinski definition) is 4. The summed E-state index contributed by atoms with van der Waals surface area (Å²) in [6.45, 7) is 4.38. The molecule has 1 aliphatic heterocycles. The molecule has 0 aliphatic carbocycles. The third-order valence-electron chi connectivity index (χ3n) is 1.27. The first-order valence-electron chi connectivity index (χ1n) is 3.14. The second kappa shape index (κ2) is 3.40. The largest absolute Gasteiger partial charge is 0.0736 e. The molecule has 0 bridgehead atoms. The molecule has 0 unspecified atom stereocenters. The lowest BCUT2D eigenvalue weighted by atomic mass is 11.0. The molecule has 1 saturated heterocycles. The minimum Gasteiger partial charge on any atom is -0.0736 e. The molecular formula is C4H10P2S4. The van der Waals surface area contributed by atoms with Gasteiger partial charge in [-0.1, -0.05) is 59.5 Å². The fourth-order valence-corrected chi connectivity index (χ4v) is 46.3. The van der Waals surface area contributed by atoms with Gasteiger partial charge in [0.15, 0.2) is 0 Å². The van der Waals surface area contributed by atoms with Crippen LogP contribution in [0.1, 0.15) is 13.8 Å². The monoisotopic (exact) mass is 248 g/mol. The van der Waals surface area contributed by atoms with Crippen molar-refractivity contribution in [3.05, 3.63) is 0 Å². The Morgan fingerprint density at radius 3 is 1.50 bits per heavy atom. The lowest BCUT2D eigenvalue weighted by Crippen LogP contribution is -1.86. The molecule has 0 aromatic carbocycles. The zero-order chi connectivity index (χ0) is 7.83. The predicted molar refractivity (Wildman–Crippen MR) is 64.8 cm³/mol. The molecule has 0 nitrogen and oxygen atoms in total. The van der Waals surface area contributed by atoms with Crippen molar-refractivity contribution in [2.24, 2.45) is 0 Å². The van der Waals surface area contributed by atoms with E-state index >= 15 is 0 Å². The number of rotatable bonds is 2. The van der Waals surface area contributed by atoms with Gasteiger partial charge in [-0.3, -0.25) is 0 Å². The maximum atomic E-state index is 5.45. The fraction of sp³-hybridized carbons (Fsp3) is 1.00. The first-order valence-corrected chi connectivity index (χ1v) is 13.2. The molecule has 0 saturated carbocycles. The number of hydrogen-bond donors (Lipinski definition) is 0. The summed E-state index contributed by atoms with van der Waals surface area (Å²) in [6.07, 6.45) is 2.35. The van der Waals surface area contributed by atoms with Gasteiger partial charge < -0.3 is 0 Å². The first-order chi connectivity index (χ1) is 4.54. The van der Waals surface area contributed by atoms with E-state index in [0.29, 0.717) is 0 Å². The van der Waals surface area contributed by atoms with Crippen LogP contribution >= 0.6 is 30.9 Å². The lowest BCUT2D eigenvalue weighted by Gasteiger charge is -2.38. The highest BCUT2D eigenvalue weighted by Crippen LogP contribution is 3.04. The average molecular weight is 248 g/mol. The van der Waals surface area contributed by atoms with E-state index in [9.17, 15) is 0 Å². The van der Waals surface area contributed by atoms with Gasteiger partial charge in [0.05, 0.1) is 8.88 Å². The Labute approximate surface area is 80.3 Å². The quantitative estimate of drug-likeness (QED) is 0.674.